The van der Waals surface area contributed by atoms with Crippen LogP contribution < -0.4 is 19.7 Å². The lowest BCUT2D eigenvalue weighted by Gasteiger charge is -2.07. The van der Waals surface area contributed by atoms with Crippen LogP contribution in [0.3, 0.4) is 0 Å². The molecule has 1 aromatic carbocycles. The number of anilines is 1. The van der Waals surface area contributed by atoms with E-state index in [2.05, 4.69) is 5.32 Å². The summed E-state index contributed by atoms with van der Waals surface area (Å²) in [6.45, 7) is 1.99. The zero-order valence-electron chi connectivity index (χ0n) is 10.7. The molecule has 104 valence electrons. The SMILES string of the molecule is Cc1csc(=O)n1CC(=O)Nc1ccc2c(c1)OCO2. The summed E-state index contributed by atoms with van der Waals surface area (Å²) in [5.41, 5.74) is 1.39. The van der Waals surface area contributed by atoms with Crippen molar-refractivity contribution in [3.8, 4) is 11.5 Å². The summed E-state index contributed by atoms with van der Waals surface area (Å²) >= 11 is 1.09. The number of amides is 1. The molecule has 1 aliphatic rings. The van der Waals surface area contributed by atoms with Crippen LogP contribution in [-0.4, -0.2) is 17.3 Å². The highest BCUT2D eigenvalue weighted by Gasteiger charge is 2.14. The first-order chi connectivity index (χ1) is 9.63. The smallest absolute Gasteiger partial charge is 0.307 e. The van der Waals surface area contributed by atoms with Crippen LogP contribution in [0.4, 0.5) is 5.69 Å². The maximum atomic E-state index is 11.9. The third kappa shape index (κ3) is 2.39. The Morgan fingerprint density at radius 3 is 2.95 bits per heavy atom. The molecule has 0 aliphatic carbocycles. The fraction of sp³-hybridized carbons (Fsp3) is 0.231. The molecule has 0 unspecified atom stereocenters. The molecule has 1 aliphatic heterocycles. The summed E-state index contributed by atoms with van der Waals surface area (Å²) in [6, 6.07) is 5.16. The second-order valence-corrected chi connectivity index (χ2v) is 5.17. The molecule has 0 radical (unpaired) electrons. The molecule has 20 heavy (non-hydrogen) atoms. The van der Waals surface area contributed by atoms with E-state index < -0.39 is 0 Å². The number of hydrogen-bond donors (Lipinski definition) is 1. The van der Waals surface area contributed by atoms with Crippen LogP contribution in [0.25, 0.3) is 0 Å². The number of aromatic nitrogens is 1. The highest BCUT2D eigenvalue weighted by Crippen LogP contribution is 2.34. The summed E-state index contributed by atoms with van der Waals surface area (Å²) in [5, 5.41) is 4.47. The minimum atomic E-state index is -0.257. The van der Waals surface area contributed by atoms with Gasteiger partial charge in [0.25, 0.3) is 0 Å². The molecule has 1 N–H and O–H groups in total. The van der Waals surface area contributed by atoms with E-state index in [1.807, 2.05) is 0 Å². The number of carbonyl (C=O) groups is 1. The number of thiazole rings is 1. The Hall–Kier alpha value is -2.28. The van der Waals surface area contributed by atoms with E-state index in [0.29, 0.717) is 17.2 Å². The predicted molar refractivity (Wildman–Crippen MR) is 74.5 cm³/mol. The van der Waals surface area contributed by atoms with Crippen molar-refractivity contribution in [2.75, 3.05) is 12.1 Å². The van der Waals surface area contributed by atoms with Gasteiger partial charge < -0.3 is 14.8 Å². The van der Waals surface area contributed by atoms with Gasteiger partial charge in [0.15, 0.2) is 11.5 Å². The highest BCUT2D eigenvalue weighted by molar-refractivity contribution is 7.07. The van der Waals surface area contributed by atoms with E-state index in [-0.39, 0.29) is 24.1 Å². The molecule has 0 saturated heterocycles. The first-order valence-corrected chi connectivity index (χ1v) is 6.86. The maximum Gasteiger partial charge on any atom is 0.307 e. The van der Waals surface area contributed by atoms with Gasteiger partial charge in [-0.1, -0.05) is 11.3 Å². The number of aryl methyl sites for hydroxylation is 1. The molecule has 1 aromatic heterocycles. The lowest BCUT2D eigenvalue weighted by molar-refractivity contribution is -0.116. The van der Waals surface area contributed by atoms with Crippen molar-refractivity contribution in [3.63, 3.8) is 0 Å². The highest BCUT2D eigenvalue weighted by atomic mass is 32.1. The Labute approximate surface area is 118 Å². The standard InChI is InChI=1S/C13H12N2O4S/c1-8-6-20-13(17)15(8)5-12(16)14-9-2-3-10-11(4-9)19-7-18-10/h2-4,6H,5,7H2,1H3,(H,14,16). The zero-order valence-corrected chi connectivity index (χ0v) is 11.5. The van der Waals surface area contributed by atoms with Crippen molar-refractivity contribution in [3.05, 3.63) is 38.9 Å². The second kappa shape index (κ2) is 5.01. The van der Waals surface area contributed by atoms with Crippen molar-refractivity contribution in [1.82, 2.24) is 4.57 Å². The van der Waals surface area contributed by atoms with Crippen LogP contribution in [0.2, 0.25) is 0 Å². The molecule has 0 atom stereocenters. The molecule has 2 aromatic rings. The number of nitrogens with zero attached hydrogens (tertiary/aromatic N) is 1. The molecule has 0 bridgehead atoms. The molecular weight excluding hydrogens is 280 g/mol. The summed E-state index contributed by atoms with van der Waals surface area (Å²) in [5.74, 6) is 1.01. The Morgan fingerprint density at radius 1 is 1.40 bits per heavy atom. The van der Waals surface area contributed by atoms with Crippen molar-refractivity contribution in [2.24, 2.45) is 0 Å². The molecule has 0 spiro atoms. The topological polar surface area (TPSA) is 69.6 Å². The number of benzene rings is 1. The molecule has 2 heterocycles. The fourth-order valence-corrected chi connectivity index (χ4v) is 2.65. The normalized spacial score (nSPS) is 12.4. The molecule has 3 rings (SSSR count). The number of carbonyl (C=O) groups excluding carboxylic acids is 1. The van der Waals surface area contributed by atoms with Gasteiger partial charge in [0.05, 0.1) is 0 Å². The summed E-state index contributed by atoms with van der Waals surface area (Å²) in [4.78, 5) is 23.4. The van der Waals surface area contributed by atoms with E-state index in [4.69, 9.17) is 9.47 Å². The minimum Gasteiger partial charge on any atom is -0.454 e. The van der Waals surface area contributed by atoms with Crippen LogP contribution in [0.1, 0.15) is 5.69 Å². The number of ether oxygens (including phenoxy) is 2. The lowest BCUT2D eigenvalue weighted by Crippen LogP contribution is -2.25. The van der Waals surface area contributed by atoms with Crippen molar-refractivity contribution in [2.45, 2.75) is 13.5 Å². The second-order valence-electron chi connectivity index (χ2n) is 4.35. The molecule has 0 fully saturated rings. The van der Waals surface area contributed by atoms with Crippen LogP contribution >= 0.6 is 11.3 Å². The lowest BCUT2D eigenvalue weighted by atomic mass is 10.3. The van der Waals surface area contributed by atoms with E-state index in [1.165, 1.54) is 4.57 Å². The van der Waals surface area contributed by atoms with Crippen LogP contribution in [0, 0.1) is 6.92 Å². The summed E-state index contributed by atoms with van der Waals surface area (Å²) in [7, 11) is 0. The van der Waals surface area contributed by atoms with Crippen LogP contribution in [0.5, 0.6) is 11.5 Å². The number of hydrogen-bond acceptors (Lipinski definition) is 5. The molecule has 7 heteroatoms. The zero-order chi connectivity index (χ0) is 14.1. The van der Waals surface area contributed by atoms with Crippen LogP contribution in [-0.2, 0) is 11.3 Å². The summed E-state index contributed by atoms with van der Waals surface area (Å²) in [6.07, 6.45) is 0. The van der Waals surface area contributed by atoms with Gasteiger partial charge in [-0.05, 0) is 19.1 Å². The Kier molecular flexibility index (Phi) is 3.19. The van der Waals surface area contributed by atoms with Gasteiger partial charge in [-0.2, -0.15) is 0 Å². The molecule has 1 amide bonds. The van der Waals surface area contributed by atoms with Gasteiger partial charge in [0.2, 0.25) is 12.7 Å². The van der Waals surface area contributed by atoms with Crippen molar-refractivity contribution < 1.29 is 14.3 Å². The van der Waals surface area contributed by atoms with Gasteiger partial charge >= 0.3 is 4.87 Å². The van der Waals surface area contributed by atoms with Crippen molar-refractivity contribution >= 4 is 22.9 Å². The van der Waals surface area contributed by atoms with Crippen molar-refractivity contribution in [1.29, 1.82) is 0 Å². The van der Waals surface area contributed by atoms with Gasteiger partial charge in [-0.3, -0.25) is 14.2 Å². The third-order valence-electron chi connectivity index (χ3n) is 2.93. The van der Waals surface area contributed by atoms with E-state index in [1.54, 1.807) is 30.5 Å². The Bertz CT molecular complexity index is 719. The van der Waals surface area contributed by atoms with Gasteiger partial charge in [0, 0.05) is 22.8 Å². The van der Waals surface area contributed by atoms with Gasteiger partial charge in [0.1, 0.15) is 6.54 Å². The minimum absolute atomic E-state index is 0.00259. The van der Waals surface area contributed by atoms with E-state index >= 15 is 0 Å². The maximum absolute atomic E-state index is 11.9. The van der Waals surface area contributed by atoms with Gasteiger partial charge in [-0.15, -0.1) is 0 Å². The Balaban J connectivity index is 1.72. The number of fused-ring (bicyclic) bond motifs is 1. The monoisotopic (exact) mass is 292 g/mol. The summed E-state index contributed by atoms with van der Waals surface area (Å²) < 4.78 is 11.9. The Morgan fingerprint density at radius 2 is 2.20 bits per heavy atom. The average Bonchev–Trinajstić information content (AvgIpc) is 3.00. The quantitative estimate of drug-likeness (QED) is 0.932. The first-order valence-electron chi connectivity index (χ1n) is 5.98. The van der Waals surface area contributed by atoms with Crippen LogP contribution in [0.15, 0.2) is 28.4 Å². The molecule has 6 nitrogen and oxygen atoms in total. The predicted octanol–water partition coefficient (Wildman–Crippen LogP) is 1.59. The average molecular weight is 292 g/mol. The third-order valence-corrected chi connectivity index (χ3v) is 3.82. The largest absolute Gasteiger partial charge is 0.454 e. The fourth-order valence-electron chi connectivity index (χ4n) is 1.91. The number of nitrogens with one attached hydrogen (secondary N) is 1. The molecule has 0 saturated carbocycles. The van der Waals surface area contributed by atoms with E-state index in [0.717, 1.165) is 17.0 Å². The molecular formula is C13H12N2O4S. The van der Waals surface area contributed by atoms with Gasteiger partial charge in [-0.25, -0.2) is 0 Å². The van der Waals surface area contributed by atoms with E-state index in [9.17, 15) is 9.59 Å². The number of rotatable bonds is 3. The first kappa shape index (κ1) is 12.7.